The van der Waals surface area contributed by atoms with Crippen LogP contribution in [0.25, 0.3) is 0 Å². The van der Waals surface area contributed by atoms with Crippen LogP contribution in [0.1, 0.15) is 45.1 Å². The minimum Gasteiger partial charge on any atom is -0.497 e. The molecule has 0 spiro atoms. The molecule has 8 nitrogen and oxygen atoms in total. The van der Waals surface area contributed by atoms with E-state index in [9.17, 15) is 14.4 Å². The minimum absolute atomic E-state index is 0.00279. The molecule has 36 heavy (non-hydrogen) atoms. The number of rotatable bonds is 8. The van der Waals surface area contributed by atoms with Crippen molar-refractivity contribution in [1.29, 1.82) is 0 Å². The highest BCUT2D eigenvalue weighted by molar-refractivity contribution is 6.00. The maximum absolute atomic E-state index is 12.7. The number of nitrogens with one attached hydrogen (secondary N) is 1. The molecule has 0 radical (unpaired) electrons. The molecule has 2 saturated heterocycles. The highest BCUT2D eigenvalue weighted by Crippen LogP contribution is 2.28. The van der Waals surface area contributed by atoms with Crippen LogP contribution < -0.4 is 19.7 Å². The molecule has 0 aromatic heterocycles. The number of carbonyl (C=O) groups is 3. The summed E-state index contributed by atoms with van der Waals surface area (Å²) in [4.78, 5) is 41.5. The summed E-state index contributed by atoms with van der Waals surface area (Å²) < 4.78 is 10.9. The summed E-state index contributed by atoms with van der Waals surface area (Å²) in [5.74, 6) is 0.703. The van der Waals surface area contributed by atoms with Crippen molar-refractivity contribution in [3.63, 3.8) is 0 Å². The summed E-state index contributed by atoms with van der Waals surface area (Å²) in [5, 5.41) is 2.93. The molecule has 1 N–H and O–H groups in total. The lowest BCUT2D eigenvalue weighted by molar-refractivity contribution is -0.139. The number of benzene rings is 2. The van der Waals surface area contributed by atoms with Crippen LogP contribution in [0.5, 0.6) is 11.5 Å². The van der Waals surface area contributed by atoms with Crippen molar-refractivity contribution in [3.05, 3.63) is 54.1 Å². The van der Waals surface area contributed by atoms with Gasteiger partial charge in [-0.05, 0) is 75.1 Å². The Morgan fingerprint density at radius 2 is 1.61 bits per heavy atom. The quantitative estimate of drug-likeness (QED) is 0.608. The van der Waals surface area contributed by atoms with Gasteiger partial charge in [-0.15, -0.1) is 0 Å². The number of methoxy groups -OCH3 is 1. The molecule has 4 rings (SSSR count). The highest BCUT2D eigenvalue weighted by Gasteiger charge is 2.35. The van der Waals surface area contributed by atoms with E-state index >= 15 is 0 Å². The second kappa shape index (κ2) is 11.5. The Bertz CT molecular complexity index is 1060. The normalized spacial score (nSPS) is 21.9. The van der Waals surface area contributed by atoms with Crippen molar-refractivity contribution in [2.45, 2.75) is 58.2 Å². The molecule has 3 atom stereocenters. The largest absolute Gasteiger partial charge is 0.497 e. The zero-order valence-corrected chi connectivity index (χ0v) is 21.2. The smallest absolute Gasteiger partial charge is 0.260 e. The third-order valence-corrected chi connectivity index (χ3v) is 7.11. The molecule has 8 heteroatoms. The molecule has 0 saturated carbocycles. The van der Waals surface area contributed by atoms with Crippen molar-refractivity contribution < 1.29 is 23.9 Å². The Morgan fingerprint density at radius 3 is 2.25 bits per heavy atom. The second-order valence-electron chi connectivity index (χ2n) is 9.68. The number of carbonyl (C=O) groups excluding carboxylic acids is 3. The Kier molecular flexibility index (Phi) is 8.13. The maximum Gasteiger partial charge on any atom is 0.260 e. The van der Waals surface area contributed by atoms with Gasteiger partial charge in [-0.1, -0.05) is 12.1 Å². The molecule has 0 unspecified atom stereocenters. The highest BCUT2D eigenvalue weighted by atomic mass is 16.5. The predicted octanol–water partition coefficient (Wildman–Crippen LogP) is 3.53. The second-order valence-corrected chi connectivity index (χ2v) is 9.68. The average Bonchev–Trinajstić information content (AvgIpc) is 3.28. The number of anilines is 1. The molecule has 2 fully saturated rings. The minimum atomic E-state index is -0.405. The molecular formula is C28H35N3O5. The van der Waals surface area contributed by atoms with E-state index in [1.165, 1.54) is 0 Å². The van der Waals surface area contributed by atoms with E-state index in [2.05, 4.69) is 19.2 Å². The first-order valence-corrected chi connectivity index (χ1v) is 12.6. The van der Waals surface area contributed by atoms with Crippen LogP contribution in [0.2, 0.25) is 0 Å². The molecule has 2 aromatic rings. The Hall–Kier alpha value is -3.55. The molecule has 2 aliphatic rings. The van der Waals surface area contributed by atoms with Gasteiger partial charge in [0.05, 0.1) is 13.0 Å². The lowest BCUT2D eigenvalue weighted by atomic mass is 9.97. The molecule has 192 valence electrons. The summed E-state index contributed by atoms with van der Waals surface area (Å²) >= 11 is 0. The monoisotopic (exact) mass is 493 g/mol. The van der Waals surface area contributed by atoms with Gasteiger partial charge in [-0.2, -0.15) is 0 Å². The molecule has 2 heterocycles. The van der Waals surface area contributed by atoms with Crippen molar-refractivity contribution in [3.8, 4) is 11.5 Å². The van der Waals surface area contributed by atoms with Crippen LogP contribution in [0.4, 0.5) is 5.69 Å². The third-order valence-electron chi connectivity index (χ3n) is 7.11. The van der Waals surface area contributed by atoms with E-state index in [1.54, 1.807) is 36.3 Å². The van der Waals surface area contributed by atoms with Crippen molar-refractivity contribution in [2.24, 2.45) is 5.92 Å². The number of amides is 3. The van der Waals surface area contributed by atoms with Crippen LogP contribution in [0.3, 0.4) is 0 Å². The Morgan fingerprint density at radius 1 is 0.972 bits per heavy atom. The van der Waals surface area contributed by atoms with Crippen molar-refractivity contribution in [1.82, 2.24) is 10.2 Å². The van der Waals surface area contributed by atoms with Gasteiger partial charge >= 0.3 is 0 Å². The Labute approximate surface area is 212 Å². The summed E-state index contributed by atoms with van der Waals surface area (Å²) in [7, 11) is 1.61. The van der Waals surface area contributed by atoms with Gasteiger partial charge in [0.15, 0.2) is 6.61 Å². The zero-order valence-electron chi connectivity index (χ0n) is 21.2. The van der Waals surface area contributed by atoms with Crippen LogP contribution in [0.15, 0.2) is 48.5 Å². The molecule has 0 aliphatic carbocycles. The first-order chi connectivity index (χ1) is 17.4. The fraction of sp³-hybridized carbons (Fsp3) is 0.464. The van der Waals surface area contributed by atoms with E-state index in [4.69, 9.17) is 9.47 Å². The predicted molar refractivity (Wildman–Crippen MR) is 137 cm³/mol. The number of hydrogen-bond acceptors (Lipinski definition) is 5. The van der Waals surface area contributed by atoms with E-state index in [1.807, 2.05) is 29.2 Å². The van der Waals surface area contributed by atoms with E-state index in [0.717, 1.165) is 30.6 Å². The van der Waals surface area contributed by atoms with Crippen LogP contribution in [-0.2, 0) is 20.9 Å². The lowest BCUT2D eigenvalue weighted by Crippen LogP contribution is -2.49. The van der Waals surface area contributed by atoms with Gasteiger partial charge in [0, 0.05) is 37.3 Å². The molecule has 2 aromatic carbocycles. The van der Waals surface area contributed by atoms with Crippen molar-refractivity contribution >= 4 is 23.4 Å². The summed E-state index contributed by atoms with van der Waals surface area (Å²) in [6.45, 7) is 4.89. The number of ether oxygens (including phenoxy) is 2. The van der Waals surface area contributed by atoms with Crippen LogP contribution in [-0.4, -0.2) is 55.0 Å². The fourth-order valence-electron chi connectivity index (χ4n) is 5.06. The van der Waals surface area contributed by atoms with Gasteiger partial charge in [-0.3, -0.25) is 14.4 Å². The van der Waals surface area contributed by atoms with Crippen LogP contribution in [0, 0.1) is 5.92 Å². The summed E-state index contributed by atoms with van der Waals surface area (Å²) in [5.41, 5.74) is 1.67. The van der Waals surface area contributed by atoms with Gasteiger partial charge in [0.25, 0.3) is 5.91 Å². The molecule has 0 bridgehead atoms. The molecular weight excluding hydrogens is 458 g/mol. The standard InChI is InChI=1S/C28H35N3O5/c1-19-5-4-6-20(2)31(19)27(33)18-36-25-13-9-23(10-14-25)30-17-22(15-26(30)32)28(34)29-16-21-7-11-24(35-3)12-8-21/h7-14,19-20,22H,4-6,15-18H2,1-3H3,(H,29,34)/t19-,20-,22-/m1/s1. The van der Waals surface area contributed by atoms with E-state index < -0.39 is 5.92 Å². The summed E-state index contributed by atoms with van der Waals surface area (Å²) in [6.07, 6.45) is 3.37. The van der Waals surface area contributed by atoms with Gasteiger partial charge in [0.1, 0.15) is 11.5 Å². The van der Waals surface area contributed by atoms with Crippen LogP contribution >= 0.6 is 0 Å². The van der Waals surface area contributed by atoms with Gasteiger partial charge in [0.2, 0.25) is 11.8 Å². The number of nitrogens with zero attached hydrogens (tertiary/aromatic N) is 2. The zero-order chi connectivity index (χ0) is 25.7. The number of hydrogen-bond donors (Lipinski definition) is 1. The fourth-order valence-corrected chi connectivity index (χ4v) is 5.06. The average molecular weight is 494 g/mol. The maximum atomic E-state index is 12.7. The topological polar surface area (TPSA) is 88.2 Å². The van der Waals surface area contributed by atoms with Gasteiger partial charge < -0.3 is 24.6 Å². The van der Waals surface area contributed by atoms with Gasteiger partial charge in [-0.25, -0.2) is 0 Å². The van der Waals surface area contributed by atoms with Crippen molar-refractivity contribution in [2.75, 3.05) is 25.2 Å². The SMILES string of the molecule is COc1ccc(CNC(=O)[C@@H]2CC(=O)N(c3ccc(OCC(=O)N4[C@H](C)CCC[C@H]4C)cc3)C2)cc1. The number of piperidine rings is 1. The Balaban J connectivity index is 1.27. The molecule has 3 amide bonds. The first-order valence-electron chi connectivity index (χ1n) is 12.6. The summed E-state index contributed by atoms with van der Waals surface area (Å²) in [6, 6.07) is 15.1. The number of likely N-dealkylation sites (tertiary alicyclic amines) is 1. The van der Waals surface area contributed by atoms with E-state index in [0.29, 0.717) is 24.5 Å². The third kappa shape index (κ3) is 5.98. The first kappa shape index (κ1) is 25.5. The molecule has 2 aliphatic heterocycles. The lowest BCUT2D eigenvalue weighted by Gasteiger charge is -2.38. The van der Waals surface area contributed by atoms with E-state index in [-0.39, 0.29) is 42.8 Å².